The molecule has 0 bridgehead atoms. The lowest BCUT2D eigenvalue weighted by atomic mass is 9.85. The van der Waals surface area contributed by atoms with Crippen molar-refractivity contribution in [2.24, 2.45) is 11.8 Å². The predicted octanol–water partition coefficient (Wildman–Crippen LogP) is -0.644. The minimum atomic E-state index is -3.75. The normalized spacial score (nSPS) is 25.8. The third-order valence-corrected chi connectivity index (χ3v) is 7.99. The molecule has 0 aromatic heterocycles. The van der Waals surface area contributed by atoms with Crippen molar-refractivity contribution in [2.75, 3.05) is 32.8 Å². The average molecular weight is 415 g/mol. The SMILES string of the molecule is N#Cc1ccccc1S(=O)(=O)N1CC[NH+](CN2C(=O)[C@H]3CC=CC[C@H]3C2=O)CC1. The van der Waals surface area contributed by atoms with Gasteiger partial charge in [-0.2, -0.15) is 9.57 Å². The quantitative estimate of drug-likeness (QED) is 0.520. The van der Waals surface area contributed by atoms with Crippen LogP contribution in [0.5, 0.6) is 0 Å². The van der Waals surface area contributed by atoms with E-state index in [4.69, 9.17) is 0 Å². The summed E-state index contributed by atoms with van der Waals surface area (Å²) >= 11 is 0. The first-order valence-corrected chi connectivity index (χ1v) is 11.2. The zero-order chi connectivity index (χ0) is 20.6. The number of piperazine rings is 1. The summed E-state index contributed by atoms with van der Waals surface area (Å²) < 4.78 is 27.2. The molecule has 2 saturated heterocycles. The fraction of sp³-hybridized carbons (Fsp3) is 0.450. The Kier molecular flexibility index (Phi) is 5.25. The Bertz CT molecular complexity index is 980. The molecule has 2 aliphatic heterocycles. The molecule has 9 heteroatoms. The summed E-state index contributed by atoms with van der Waals surface area (Å²) in [6.45, 7) is 1.84. The monoisotopic (exact) mass is 415 g/mol. The first kappa shape index (κ1) is 19.8. The van der Waals surface area contributed by atoms with Crippen LogP contribution in [-0.2, 0) is 19.6 Å². The van der Waals surface area contributed by atoms with Crippen molar-refractivity contribution in [1.82, 2.24) is 9.21 Å². The summed E-state index contributed by atoms with van der Waals surface area (Å²) in [5.41, 5.74) is 0.131. The lowest BCUT2D eigenvalue weighted by Gasteiger charge is -2.33. The summed E-state index contributed by atoms with van der Waals surface area (Å²) in [6, 6.07) is 8.12. The molecule has 8 nitrogen and oxygen atoms in total. The van der Waals surface area contributed by atoms with Crippen LogP contribution in [0, 0.1) is 23.2 Å². The Labute approximate surface area is 170 Å². The third-order valence-electron chi connectivity index (χ3n) is 6.04. The Morgan fingerprint density at radius 2 is 1.62 bits per heavy atom. The molecule has 0 unspecified atom stereocenters. The van der Waals surface area contributed by atoms with Gasteiger partial charge >= 0.3 is 0 Å². The van der Waals surface area contributed by atoms with Crippen molar-refractivity contribution < 1.29 is 22.9 Å². The van der Waals surface area contributed by atoms with Gasteiger partial charge in [-0.3, -0.25) is 9.59 Å². The highest BCUT2D eigenvalue weighted by atomic mass is 32.2. The standard InChI is InChI=1S/C20H22N4O4S/c21-13-15-5-1-4-8-18(15)29(27,28)23-11-9-22(10-12-23)14-24-19(25)16-6-2-3-7-17(16)20(24)26/h1-5,8,16-17H,6-7,9-12,14H2/p+1/t16-,17+. The summed E-state index contributed by atoms with van der Waals surface area (Å²) in [7, 11) is -3.75. The first-order valence-electron chi connectivity index (χ1n) is 9.76. The second-order valence-electron chi connectivity index (χ2n) is 7.68. The number of fused-ring (bicyclic) bond motifs is 1. The summed E-state index contributed by atoms with van der Waals surface area (Å²) in [5.74, 6) is -0.684. The number of quaternary nitrogens is 1. The molecule has 2 amide bonds. The Hall–Kier alpha value is -2.54. The molecular weight excluding hydrogens is 392 g/mol. The van der Waals surface area contributed by atoms with E-state index in [9.17, 15) is 23.3 Å². The fourth-order valence-corrected chi connectivity index (χ4v) is 5.96. The van der Waals surface area contributed by atoms with Crippen LogP contribution in [0.1, 0.15) is 18.4 Å². The minimum absolute atomic E-state index is 0.0208. The number of rotatable bonds is 4. The number of likely N-dealkylation sites (tertiary alicyclic amines) is 1. The first-order chi connectivity index (χ1) is 13.9. The van der Waals surface area contributed by atoms with Crippen molar-refractivity contribution >= 4 is 21.8 Å². The molecule has 3 aliphatic rings. The average Bonchev–Trinajstić information content (AvgIpc) is 2.99. The third kappa shape index (κ3) is 3.48. The van der Waals surface area contributed by atoms with E-state index in [2.05, 4.69) is 0 Å². The number of sulfonamides is 1. The van der Waals surface area contributed by atoms with Crippen molar-refractivity contribution in [3.8, 4) is 6.07 Å². The number of carbonyl (C=O) groups excluding carboxylic acids is 2. The maximum atomic E-state index is 12.9. The van der Waals surface area contributed by atoms with Gasteiger partial charge in [-0.15, -0.1) is 0 Å². The molecule has 152 valence electrons. The summed E-state index contributed by atoms with van der Waals surface area (Å²) in [6.07, 6.45) is 5.16. The van der Waals surface area contributed by atoms with Crippen LogP contribution in [0.4, 0.5) is 0 Å². The van der Waals surface area contributed by atoms with Crippen molar-refractivity contribution in [2.45, 2.75) is 17.7 Å². The van der Waals surface area contributed by atoms with E-state index in [0.717, 1.165) is 4.90 Å². The molecular formula is C20H23N4O4S+. The maximum Gasteiger partial charge on any atom is 0.244 e. The topological polar surface area (TPSA) is 103 Å². The number of imide groups is 1. The zero-order valence-electron chi connectivity index (χ0n) is 16.0. The second kappa shape index (κ2) is 7.71. The van der Waals surface area contributed by atoms with E-state index < -0.39 is 10.0 Å². The van der Waals surface area contributed by atoms with Gasteiger partial charge in [0, 0.05) is 0 Å². The van der Waals surface area contributed by atoms with Crippen LogP contribution in [0.25, 0.3) is 0 Å². The smallest absolute Gasteiger partial charge is 0.244 e. The van der Waals surface area contributed by atoms with Crippen molar-refractivity contribution in [3.05, 3.63) is 42.0 Å². The van der Waals surface area contributed by atoms with E-state index in [-0.39, 0.29) is 53.9 Å². The van der Waals surface area contributed by atoms with Gasteiger partial charge in [-0.25, -0.2) is 13.3 Å². The van der Waals surface area contributed by atoms with Crippen LogP contribution in [0.2, 0.25) is 0 Å². The lowest BCUT2D eigenvalue weighted by molar-refractivity contribution is -0.910. The Morgan fingerprint density at radius 1 is 1.03 bits per heavy atom. The van der Waals surface area contributed by atoms with Crippen LogP contribution in [-0.4, -0.2) is 62.3 Å². The number of nitrogens with zero attached hydrogens (tertiary/aromatic N) is 3. The largest absolute Gasteiger partial charge is 0.315 e. The highest BCUT2D eigenvalue weighted by Crippen LogP contribution is 2.34. The van der Waals surface area contributed by atoms with Gasteiger partial charge in [0.15, 0.2) is 6.67 Å². The molecule has 0 saturated carbocycles. The summed E-state index contributed by atoms with van der Waals surface area (Å²) in [4.78, 5) is 27.6. The number of amides is 2. The van der Waals surface area contributed by atoms with E-state index in [0.29, 0.717) is 25.9 Å². The van der Waals surface area contributed by atoms with E-state index in [1.54, 1.807) is 12.1 Å². The lowest BCUT2D eigenvalue weighted by Crippen LogP contribution is -3.16. The number of carbonyl (C=O) groups is 2. The summed E-state index contributed by atoms with van der Waals surface area (Å²) in [5, 5.41) is 9.21. The molecule has 0 spiro atoms. The number of allylic oxidation sites excluding steroid dienone is 2. The van der Waals surface area contributed by atoms with Crippen LogP contribution >= 0.6 is 0 Å². The van der Waals surface area contributed by atoms with Crippen LogP contribution in [0.15, 0.2) is 41.3 Å². The van der Waals surface area contributed by atoms with Gasteiger partial charge in [0.1, 0.15) is 6.07 Å². The van der Waals surface area contributed by atoms with Gasteiger partial charge in [0.05, 0.1) is 48.5 Å². The van der Waals surface area contributed by atoms with Crippen molar-refractivity contribution in [3.63, 3.8) is 0 Å². The molecule has 2 fully saturated rings. The molecule has 1 N–H and O–H groups in total. The molecule has 2 atom stereocenters. The van der Waals surface area contributed by atoms with Crippen LogP contribution < -0.4 is 4.90 Å². The van der Waals surface area contributed by atoms with Gasteiger partial charge in [0.25, 0.3) is 0 Å². The maximum absolute atomic E-state index is 12.9. The molecule has 1 aliphatic carbocycles. The van der Waals surface area contributed by atoms with Gasteiger partial charge in [-0.1, -0.05) is 24.3 Å². The molecule has 0 radical (unpaired) electrons. The number of benzene rings is 1. The number of nitriles is 1. The minimum Gasteiger partial charge on any atom is -0.315 e. The predicted molar refractivity (Wildman–Crippen MR) is 103 cm³/mol. The van der Waals surface area contributed by atoms with Crippen molar-refractivity contribution in [1.29, 1.82) is 5.26 Å². The van der Waals surface area contributed by atoms with Gasteiger partial charge in [0.2, 0.25) is 21.8 Å². The molecule has 1 aromatic rings. The van der Waals surface area contributed by atoms with Gasteiger partial charge < -0.3 is 4.90 Å². The second-order valence-corrected chi connectivity index (χ2v) is 9.59. The fourth-order valence-electron chi connectivity index (χ4n) is 4.37. The van der Waals surface area contributed by atoms with E-state index >= 15 is 0 Å². The van der Waals surface area contributed by atoms with Crippen LogP contribution in [0.3, 0.4) is 0 Å². The van der Waals surface area contributed by atoms with E-state index in [1.165, 1.54) is 21.3 Å². The van der Waals surface area contributed by atoms with Gasteiger partial charge in [-0.05, 0) is 25.0 Å². The highest BCUT2D eigenvalue weighted by molar-refractivity contribution is 7.89. The zero-order valence-corrected chi connectivity index (χ0v) is 16.8. The molecule has 29 heavy (non-hydrogen) atoms. The van der Waals surface area contributed by atoms with E-state index in [1.807, 2.05) is 18.2 Å². The number of hydrogen-bond donors (Lipinski definition) is 1. The Morgan fingerprint density at radius 3 is 2.21 bits per heavy atom. The highest BCUT2D eigenvalue weighted by Gasteiger charge is 2.48. The molecule has 4 rings (SSSR count). The molecule has 1 aromatic carbocycles. The number of nitrogens with one attached hydrogen (secondary N) is 1. The Balaban J connectivity index is 1.41. The number of hydrogen-bond acceptors (Lipinski definition) is 5. The molecule has 2 heterocycles.